The highest BCUT2D eigenvalue weighted by Gasteiger charge is 2.18. The van der Waals surface area contributed by atoms with Crippen molar-refractivity contribution in [3.8, 4) is 0 Å². The number of aryl methyl sites for hydroxylation is 1. The number of halogens is 1. The molecule has 0 aliphatic carbocycles. The van der Waals surface area contributed by atoms with Crippen molar-refractivity contribution in [2.75, 3.05) is 10.6 Å². The van der Waals surface area contributed by atoms with Crippen LogP contribution in [0.2, 0.25) is 0 Å². The second-order valence-electron chi connectivity index (χ2n) is 5.12. The average molecular weight is 316 g/mol. The van der Waals surface area contributed by atoms with Crippen LogP contribution in [0.3, 0.4) is 0 Å². The van der Waals surface area contributed by atoms with Gasteiger partial charge < -0.3 is 10.6 Å². The molecule has 0 bridgehead atoms. The zero-order chi connectivity index (χ0) is 16.4. The first kappa shape index (κ1) is 14.9. The molecule has 2 N–H and O–H groups in total. The van der Waals surface area contributed by atoms with E-state index in [-0.39, 0.29) is 18.1 Å². The molecule has 1 aliphatic heterocycles. The SMILES string of the molecule is O=C(Cn1cccnc1=O)Nc1cc2c(cc1F)CCC(=O)N2. The number of aromatic nitrogens is 2. The average Bonchev–Trinajstić information content (AvgIpc) is 2.51. The van der Waals surface area contributed by atoms with Crippen molar-refractivity contribution < 1.29 is 14.0 Å². The number of rotatable bonds is 3. The van der Waals surface area contributed by atoms with Gasteiger partial charge in [-0.2, -0.15) is 0 Å². The third-order valence-corrected chi connectivity index (χ3v) is 3.46. The van der Waals surface area contributed by atoms with Gasteiger partial charge in [0.25, 0.3) is 0 Å². The summed E-state index contributed by atoms with van der Waals surface area (Å²) < 4.78 is 15.1. The molecule has 1 aromatic carbocycles. The molecular formula is C15H13FN4O3. The molecule has 8 heteroatoms. The minimum Gasteiger partial charge on any atom is -0.326 e. The lowest BCUT2D eigenvalue weighted by Crippen LogP contribution is -2.28. The van der Waals surface area contributed by atoms with Gasteiger partial charge in [-0.15, -0.1) is 0 Å². The molecule has 3 rings (SSSR count). The first-order valence-corrected chi connectivity index (χ1v) is 6.96. The van der Waals surface area contributed by atoms with Gasteiger partial charge in [0.2, 0.25) is 11.8 Å². The van der Waals surface area contributed by atoms with Crippen molar-refractivity contribution in [2.45, 2.75) is 19.4 Å². The molecule has 0 atom stereocenters. The van der Waals surface area contributed by atoms with Gasteiger partial charge in [0.05, 0.1) is 5.69 Å². The van der Waals surface area contributed by atoms with Gasteiger partial charge >= 0.3 is 5.69 Å². The molecule has 1 aromatic heterocycles. The van der Waals surface area contributed by atoms with Crippen LogP contribution in [0, 0.1) is 5.82 Å². The first-order chi connectivity index (χ1) is 11.0. The highest BCUT2D eigenvalue weighted by atomic mass is 19.1. The van der Waals surface area contributed by atoms with E-state index in [0.717, 1.165) is 4.57 Å². The lowest BCUT2D eigenvalue weighted by atomic mass is 10.0. The van der Waals surface area contributed by atoms with Crippen molar-refractivity contribution in [1.29, 1.82) is 0 Å². The fraction of sp³-hybridized carbons (Fsp3) is 0.200. The Morgan fingerprint density at radius 3 is 2.96 bits per heavy atom. The van der Waals surface area contributed by atoms with Crippen LogP contribution in [0.25, 0.3) is 0 Å². The molecule has 1 aliphatic rings. The Bertz CT molecular complexity index is 847. The Kier molecular flexibility index (Phi) is 3.88. The second-order valence-corrected chi connectivity index (χ2v) is 5.12. The number of hydrogen-bond donors (Lipinski definition) is 2. The van der Waals surface area contributed by atoms with E-state index in [0.29, 0.717) is 24.1 Å². The smallest absolute Gasteiger partial charge is 0.326 e. The summed E-state index contributed by atoms with van der Waals surface area (Å²) in [6.45, 7) is -0.282. The van der Waals surface area contributed by atoms with Gasteiger partial charge in [0.1, 0.15) is 12.4 Å². The van der Waals surface area contributed by atoms with Gasteiger partial charge in [-0.1, -0.05) is 0 Å². The van der Waals surface area contributed by atoms with Crippen molar-refractivity contribution in [3.05, 3.63) is 52.5 Å². The van der Waals surface area contributed by atoms with E-state index in [1.807, 2.05) is 0 Å². The number of anilines is 2. The minimum absolute atomic E-state index is 0.0483. The molecule has 118 valence electrons. The van der Waals surface area contributed by atoms with Gasteiger partial charge in [-0.3, -0.25) is 14.2 Å². The topological polar surface area (TPSA) is 93.1 Å². The lowest BCUT2D eigenvalue weighted by molar-refractivity contribution is -0.117. The third-order valence-electron chi connectivity index (χ3n) is 3.46. The summed E-state index contributed by atoms with van der Waals surface area (Å²) in [6, 6.07) is 4.19. The summed E-state index contributed by atoms with van der Waals surface area (Å²) in [5.74, 6) is -1.31. The fourth-order valence-corrected chi connectivity index (χ4v) is 2.35. The van der Waals surface area contributed by atoms with Gasteiger partial charge in [0, 0.05) is 24.5 Å². The van der Waals surface area contributed by atoms with E-state index in [1.165, 1.54) is 30.6 Å². The monoisotopic (exact) mass is 316 g/mol. The summed E-state index contributed by atoms with van der Waals surface area (Å²) in [4.78, 5) is 38.3. The maximum atomic E-state index is 14.0. The van der Waals surface area contributed by atoms with Crippen LogP contribution in [-0.2, 0) is 22.6 Å². The predicted molar refractivity (Wildman–Crippen MR) is 80.5 cm³/mol. The van der Waals surface area contributed by atoms with Gasteiger partial charge in [-0.25, -0.2) is 14.2 Å². The van der Waals surface area contributed by atoms with Crippen LogP contribution in [-0.4, -0.2) is 21.4 Å². The number of carbonyl (C=O) groups is 2. The summed E-state index contributed by atoms with van der Waals surface area (Å²) in [7, 11) is 0. The molecule has 2 heterocycles. The maximum Gasteiger partial charge on any atom is 0.347 e. The summed E-state index contributed by atoms with van der Waals surface area (Å²) in [5.41, 5.74) is 0.550. The predicted octanol–water partition coefficient (Wildman–Crippen LogP) is 0.906. The van der Waals surface area contributed by atoms with E-state index in [4.69, 9.17) is 0 Å². The van der Waals surface area contributed by atoms with Crippen LogP contribution in [0.1, 0.15) is 12.0 Å². The highest BCUT2D eigenvalue weighted by molar-refractivity contribution is 5.96. The first-order valence-electron chi connectivity index (χ1n) is 6.96. The van der Waals surface area contributed by atoms with E-state index < -0.39 is 17.4 Å². The van der Waals surface area contributed by atoms with Crippen molar-refractivity contribution in [2.24, 2.45) is 0 Å². The Labute approximate surface area is 130 Å². The van der Waals surface area contributed by atoms with Crippen LogP contribution >= 0.6 is 0 Å². The number of fused-ring (bicyclic) bond motifs is 1. The number of amides is 2. The molecule has 0 saturated heterocycles. The normalized spacial score (nSPS) is 13.2. The molecule has 0 fully saturated rings. The van der Waals surface area contributed by atoms with Crippen molar-refractivity contribution >= 4 is 23.2 Å². The second kappa shape index (κ2) is 5.99. The molecule has 0 unspecified atom stereocenters. The Balaban J connectivity index is 1.79. The molecular weight excluding hydrogens is 303 g/mol. The van der Waals surface area contributed by atoms with Gasteiger partial charge in [0.15, 0.2) is 0 Å². The minimum atomic E-state index is -0.591. The van der Waals surface area contributed by atoms with Crippen LogP contribution in [0.15, 0.2) is 35.4 Å². The van der Waals surface area contributed by atoms with Crippen LogP contribution < -0.4 is 16.3 Å². The summed E-state index contributed by atoms with van der Waals surface area (Å²) in [6.07, 6.45) is 3.50. The van der Waals surface area contributed by atoms with Crippen molar-refractivity contribution in [3.63, 3.8) is 0 Å². The highest BCUT2D eigenvalue weighted by Crippen LogP contribution is 2.28. The van der Waals surface area contributed by atoms with Crippen molar-refractivity contribution in [1.82, 2.24) is 9.55 Å². The number of nitrogens with zero attached hydrogens (tertiary/aromatic N) is 2. The number of nitrogens with one attached hydrogen (secondary N) is 2. The summed E-state index contributed by atoms with van der Waals surface area (Å²) in [5, 5.41) is 5.04. The van der Waals surface area contributed by atoms with E-state index in [2.05, 4.69) is 15.6 Å². The lowest BCUT2D eigenvalue weighted by Gasteiger charge is -2.18. The van der Waals surface area contributed by atoms with Gasteiger partial charge in [-0.05, 0) is 30.2 Å². The molecule has 23 heavy (non-hydrogen) atoms. The Hall–Kier alpha value is -3.03. The zero-order valence-electron chi connectivity index (χ0n) is 12.0. The molecule has 7 nitrogen and oxygen atoms in total. The number of carbonyl (C=O) groups excluding carboxylic acids is 2. The summed E-state index contributed by atoms with van der Waals surface area (Å²) >= 11 is 0. The zero-order valence-corrected chi connectivity index (χ0v) is 12.0. The molecule has 2 aromatic rings. The maximum absolute atomic E-state index is 14.0. The number of hydrogen-bond acceptors (Lipinski definition) is 4. The molecule has 2 amide bonds. The molecule has 0 saturated carbocycles. The largest absolute Gasteiger partial charge is 0.347 e. The van der Waals surface area contributed by atoms with Crippen LogP contribution in [0.4, 0.5) is 15.8 Å². The quantitative estimate of drug-likeness (QED) is 0.880. The molecule has 0 spiro atoms. The van der Waals surface area contributed by atoms with E-state index in [9.17, 15) is 18.8 Å². The Morgan fingerprint density at radius 1 is 1.35 bits per heavy atom. The number of benzene rings is 1. The molecule has 0 radical (unpaired) electrons. The van der Waals surface area contributed by atoms with E-state index in [1.54, 1.807) is 0 Å². The van der Waals surface area contributed by atoms with Crippen LogP contribution in [0.5, 0.6) is 0 Å². The Morgan fingerprint density at radius 2 is 2.17 bits per heavy atom. The third kappa shape index (κ3) is 3.25. The fourth-order valence-electron chi connectivity index (χ4n) is 2.35. The standard InChI is InChI=1S/C15H13FN4O3/c16-10-6-9-2-3-13(21)18-11(9)7-12(10)19-14(22)8-20-5-1-4-17-15(20)23/h1,4-7H,2-3,8H2,(H,18,21)(H,19,22). The van der Waals surface area contributed by atoms with E-state index >= 15 is 0 Å².